The molecule has 2 aromatic carbocycles. The van der Waals surface area contributed by atoms with Crippen molar-refractivity contribution in [3.8, 4) is 17.2 Å². The molecule has 2 aromatic rings. The van der Waals surface area contributed by atoms with E-state index in [2.05, 4.69) is 11.4 Å². The molecular formula is C18H21NO3. The van der Waals surface area contributed by atoms with Gasteiger partial charge in [-0.1, -0.05) is 30.3 Å². The number of rotatable bonds is 6. The van der Waals surface area contributed by atoms with Gasteiger partial charge in [0.2, 0.25) is 0 Å². The fourth-order valence-electron chi connectivity index (χ4n) is 2.70. The third-order valence-electron chi connectivity index (χ3n) is 3.65. The van der Waals surface area contributed by atoms with Gasteiger partial charge in [0.1, 0.15) is 5.75 Å². The van der Waals surface area contributed by atoms with E-state index in [1.165, 1.54) is 0 Å². The molecular weight excluding hydrogens is 278 g/mol. The van der Waals surface area contributed by atoms with E-state index in [4.69, 9.17) is 14.2 Å². The maximum atomic E-state index is 6.26. The van der Waals surface area contributed by atoms with Crippen molar-refractivity contribution < 1.29 is 14.2 Å². The lowest BCUT2D eigenvalue weighted by Crippen LogP contribution is -2.33. The molecule has 0 aliphatic carbocycles. The van der Waals surface area contributed by atoms with E-state index in [1.54, 1.807) is 0 Å². The molecule has 0 fully saturated rings. The van der Waals surface area contributed by atoms with Gasteiger partial charge in [0.15, 0.2) is 23.7 Å². The summed E-state index contributed by atoms with van der Waals surface area (Å²) in [5, 5.41) is 3.16. The van der Waals surface area contributed by atoms with Crippen molar-refractivity contribution >= 4 is 0 Å². The van der Waals surface area contributed by atoms with Gasteiger partial charge in [-0.05, 0) is 32.2 Å². The number of benzene rings is 2. The minimum absolute atomic E-state index is 0.0583. The van der Waals surface area contributed by atoms with Crippen LogP contribution in [0.25, 0.3) is 0 Å². The van der Waals surface area contributed by atoms with Crippen molar-refractivity contribution in [3.05, 3.63) is 54.1 Å². The van der Waals surface area contributed by atoms with Crippen LogP contribution >= 0.6 is 0 Å². The van der Waals surface area contributed by atoms with E-state index in [0.29, 0.717) is 6.61 Å². The molecule has 4 heteroatoms. The Labute approximate surface area is 131 Å². The van der Waals surface area contributed by atoms with E-state index in [0.717, 1.165) is 29.4 Å². The smallest absolute Gasteiger partial charge is 0.165 e. The largest absolute Gasteiger partial charge is 0.490 e. The molecule has 3 rings (SSSR count). The van der Waals surface area contributed by atoms with Crippen molar-refractivity contribution in [2.45, 2.75) is 19.1 Å². The third-order valence-corrected chi connectivity index (χ3v) is 3.65. The highest BCUT2D eigenvalue weighted by Crippen LogP contribution is 2.41. The van der Waals surface area contributed by atoms with Crippen LogP contribution in [0.3, 0.4) is 0 Å². The highest BCUT2D eigenvalue weighted by Gasteiger charge is 2.36. The summed E-state index contributed by atoms with van der Waals surface area (Å²) in [5.41, 5.74) is 1.08. The minimum atomic E-state index is -0.148. The molecule has 0 spiro atoms. The first-order chi connectivity index (χ1) is 10.8. The molecule has 0 aromatic heterocycles. The Hall–Kier alpha value is -2.20. The SMILES string of the molecule is CCOc1ccccc1O[C@H]1c2ccccc2O[C@@H]1CNC. The van der Waals surface area contributed by atoms with Gasteiger partial charge in [0.25, 0.3) is 0 Å². The Kier molecular flexibility index (Phi) is 4.49. The van der Waals surface area contributed by atoms with E-state index in [-0.39, 0.29) is 12.2 Å². The molecule has 0 saturated heterocycles. The molecule has 4 nitrogen and oxygen atoms in total. The minimum Gasteiger partial charge on any atom is -0.490 e. The second-order valence-electron chi connectivity index (χ2n) is 5.17. The van der Waals surface area contributed by atoms with E-state index in [1.807, 2.05) is 56.4 Å². The predicted octanol–water partition coefficient (Wildman–Crippen LogP) is 3.19. The van der Waals surface area contributed by atoms with E-state index < -0.39 is 0 Å². The zero-order valence-electron chi connectivity index (χ0n) is 12.9. The summed E-state index contributed by atoms with van der Waals surface area (Å²) in [6.45, 7) is 3.29. The van der Waals surface area contributed by atoms with Crippen LogP contribution in [0.15, 0.2) is 48.5 Å². The molecule has 0 radical (unpaired) electrons. The lowest BCUT2D eigenvalue weighted by molar-refractivity contribution is 0.0841. The van der Waals surface area contributed by atoms with Crippen LogP contribution < -0.4 is 19.5 Å². The molecule has 1 N–H and O–H groups in total. The fourth-order valence-corrected chi connectivity index (χ4v) is 2.70. The summed E-state index contributed by atoms with van der Waals surface area (Å²) >= 11 is 0. The van der Waals surface area contributed by atoms with Crippen molar-refractivity contribution in [1.82, 2.24) is 5.32 Å². The number of ether oxygens (including phenoxy) is 3. The number of nitrogens with one attached hydrogen (secondary N) is 1. The maximum Gasteiger partial charge on any atom is 0.165 e. The van der Waals surface area contributed by atoms with Crippen molar-refractivity contribution in [2.75, 3.05) is 20.2 Å². The Morgan fingerprint density at radius 1 is 1.05 bits per heavy atom. The van der Waals surface area contributed by atoms with Crippen LogP contribution in [-0.4, -0.2) is 26.3 Å². The van der Waals surface area contributed by atoms with Gasteiger partial charge in [0, 0.05) is 12.1 Å². The Morgan fingerprint density at radius 2 is 1.77 bits per heavy atom. The van der Waals surface area contributed by atoms with Gasteiger partial charge in [0.05, 0.1) is 6.61 Å². The van der Waals surface area contributed by atoms with Gasteiger partial charge in [-0.25, -0.2) is 0 Å². The molecule has 0 saturated carbocycles. The zero-order chi connectivity index (χ0) is 15.4. The lowest BCUT2D eigenvalue weighted by Gasteiger charge is -2.21. The molecule has 1 aliphatic rings. The maximum absolute atomic E-state index is 6.26. The number of likely N-dealkylation sites (N-methyl/N-ethyl adjacent to an activating group) is 1. The van der Waals surface area contributed by atoms with Crippen LogP contribution in [0.5, 0.6) is 17.2 Å². The summed E-state index contributed by atoms with van der Waals surface area (Å²) in [4.78, 5) is 0. The number of hydrogen-bond donors (Lipinski definition) is 1. The summed E-state index contributed by atoms with van der Waals surface area (Å²) in [7, 11) is 1.91. The van der Waals surface area contributed by atoms with Crippen LogP contribution in [-0.2, 0) is 0 Å². The molecule has 0 unspecified atom stereocenters. The molecule has 0 amide bonds. The number of para-hydroxylation sites is 3. The zero-order valence-corrected chi connectivity index (χ0v) is 12.9. The van der Waals surface area contributed by atoms with Crippen LogP contribution in [0.2, 0.25) is 0 Å². The number of fused-ring (bicyclic) bond motifs is 1. The van der Waals surface area contributed by atoms with Crippen molar-refractivity contribution in [3.63, 3.8) is 0 Å². The van der Waals surface area contributed by atoms with Crippen LogP contribution in [0, 0.1) is 0 Å². The van der Waals surface area contributed by atoms with Gasteiger partial charge < -0.3 is 19.5 Å². The summed E-state index contributed by atoms with van der Waals surface area (Å²) < 4.78 is 17.9. The highest BCUT2D eigenvalue weighted by molar-refractivity contribution is 5.44. The number of hydrogen-bond acceptors (Lipinski definition) is 4. The third kappa shape index (κ3) is 2.88. The van der Waals surface area contributed by atoms with E-state index in [9.17, 15) is 0 Å². The Bertz CT molecular complexity index is 629. The van der Waals surface area contributed by atoms with Crippen molar-refractivity contribution in [2.24, 2.45) is 0 Å². The van der Waals surface area contributed by atoms with Crippen LogP contribution in [0.4, 0.5) is 0 Å². The average molecular weight is 299 g/mol. The molecule has 1 heterocycles. The molecule has 22 heavy (non-hydrogen) atoms. The second-order valence-corrected chi connectivity index (χ2v) is 5.17. The fraction of sp³-hybridized carbons (Fsp3) is 0.333. The quantitative estimate of drug-likeness (QED) is 0.889. The summed E-state index contributed by atoms with van der Waals surface area (Å²) in [5.74, 6) is 2.40. The first-order valence-corrected chi connectivity index (χ1v) is 7.62. The predicted molar refractivity (Wildman–Crippen MR) is 85.8 cm³/mol. The lowest BCUT2D eigenvalue weighted by atomic mass is 10.1. The topological polar surface area (TPSA) is 39.7 Å². The highest BCUT2D eigenvalue weighted by atomic mass is 16.6. The van der Waals surface area contributed by atoms with Crippen LogP contribution in [0.1, 0.15) is 18.6 Å². The normalized spacial score (nSPS) is 19.4. The first-order valence-electron chi connectivity index (χ1n) is 7.62. The average Bonchev–Trinajstić information content (AvgIpc) is 2.88. The molecule has 2 atom stereocenters. The van der Waals surface area contributed by atoms with Gasteiger partial charge in [-0.15, -0.1) is 0 Å². The standard InChI is InChI=1S/C18H21NO3/c1-3-20-15-10-6-7-11-16(15)22-18-13-8-4-5-9-14(13)21-17(18)12-19-2/h4-11,17-19H,3,12H2,1-2H3/t17-,18+/m1/s1. The summed E-state index contributed by atoms with van der Waals surface area (Å²) in [6.07, 6.45) is -0.206. The Morgan fingerprint density at radius 3 is 2.55 bits per heavy atom. The molecule has 116 valence electrons. The first kappa shape index (κ1) is 14.7. The molecule has 1 aliphatic heterocycles. The van der Waals surface area contributed by atoms with Gasteiger partial charge in [-0.2, -0.15) is 0 Å². The van der Waals surface area contributed by atoms with Gasteiger partial charge >= 0.3 is 0 Å². The molecule has 0 bridgehead atoms. The van der Waals surface area contributed by atoms with Crippen molar-refractivity contribution in [1.29, 1.82) is 0 Å². The Balaban J connectivity index is 1.89. The van der Waals surface area contributed by atoms with E-state index >= 15 is 0 Å². The monoisotopic (exact) mass is 299 g/mol. The summed E-state index contributed by atoms with van der Waals surface area (Å²) in [6, 6.07) is 15.8. The van der Waals surface area contributed by atoms with Gasteiger partial charge in [-0.3, -0.25) is 0 Å². The second kappa shape index (κ2) is 6.71.